The summed E-state index contributed by atoms with van der Waals surface area (Å²) < 4.78 is 10.1. The molecule has 0 atom stereocenters. The Morgan fingerprint density at radius 1 is 1.33 bits per heavy atom. The van der Waals surface area contributed by atoms with Gasteiger partial charge in [0.15, 0.2) is 0 Å². The smallest absolute Gasteiger partial charge is 0.137 e. The summed E-state index contributed by atoms with van der Waals surface area (Å²) in [5.41, 5.74) is 5.08. The van der Waals surface area contributed by atoms with Crippen molar-refractivity contribution in [1.82, 2.24) is 25.2 Å². The second kappa shape index (κ2) is 6.09. The number of rotatable bonds is 4. The number of aryl methyl sites for hydroxylation is 1. The zero-order valence-electron chi connectivity index (χ0n) is 13.7. The van der Waals surface area contributed by atoms with Crippen LogP contribution in [0.5, 0.6) is 5.75 Å². The number of H-pyrrole nitrogens is 1. The highest BCUT2D eigenvalue weighted by Gasteiger charge is 2.22. The number of hydrogen-bond donors (Lipinski definition) is 1. The van der Waals surface area contributed by atoms with Gasteiger partial charge in [0, 0.05) is 31.6 Å². The summed E-state index contributed by atoms with van der Waals surface area (Å²) in [6.07, 6.45) is 0.917. The van der Waals surface area contributed by atoms with Crippen molar-refractivity contribution >= 4 is 0 Å². The molecule has 0 spiro atoms. The summed E-state index contributed by atoms with van der Waals surface area (Å²) in [6, 6.07) is 7.94. The molecule has 3 aromatic rings. The maximum atomic E-state index is 5.29. The lowest BCUT2D eigenvalue weighted by Crippen LogP contribution is -2.30. The molecule has 0 saturated heterocycles. The number of aromatic amines is 1. The van der Waals surface area contributed by atoms with Crippen molar-refractivity contribution in [3.63, 3.8) is 0 Å². The SMILES string of the molecule is COc1cccc(-c2nc3c([nH]2)CN(Cc2nonc2C)CC3)c1. The predicted octanol–water partition coefficient (Wildman–Crippen LogP) is 2.34. The number of fused-ring (bicyclic) bond motifs is 1. The van der Waals surface area contributed by atoms with E-state index < -0.39 is 0 Å². The van der Waals surface area contributed by atoms with E-state index in [2.05, 4.69) is 20.2 Å². The van der Waals surface area contributed by atoms with Gasteiger partial charge in [0.05, 0.1) is 18.5 Å². The number of hydrogen-bond acceptors (Lipinski definition) is 6. The zero-order valence-corrected chi connectivity index (χ0v) is 13.7. The molecule has 0 aliphatic carbocycles. The Bertz CT molecular complexity index is 854. The quantitative estimate of drug-likeness (QED) is 0.793. The Morgan fingerprint density at radius 3 is 3.04 bits per heavy atom. The molecular weight excluding hydrogens is 306 g/mol. The number of imidazole rings is 1. The molecule has 24 heavy (non-hydrogen) atoms. The minimum Gasteiger partial charge on any atom is -0.497 e. The van der Waals surface area contributed by atoms with Crippen LogP contribution in [0, 0.1) is 6.92 Å². The van der Waals surface area contributed by atoms with Crippen molar-refractivity contribution in [1.29, 1.82) is 0 Å². The van der Waals surface area contributed by atoms with E-state index in [1.807, 2.05) is 31.2 Å². The van der Waals surface area contributed by atoms with Crippen molar-refractivity contribution in [2.24, 2.45) is 0 Å². The first kappa shape index (κ1) is 14.9. The van der Waals surface area contributed by atoms with E-state index in [-0.39, 0.29) is 0 Å². The Balaban J connectivity index is 1.54. The number of aromatic nitrogens is 4. The molecule has 7 heteroatoms. The van der Waals surface area contributed by atoms with Crippen molar-refractivity contribution < 1.29 is 9.37 Å². The molecule has 0 unspecified atom stereocenters. The average Bonchev–Trinajstić information content (AvgIpc) is 3.21. The fraction of sp³-hybridized carbons (Fsp3) is 0.353. The molecule has 0 bridgehead atoms. The van der Waals surface area contributed by atoms with Crippen LogP contribution < -0.4 is 4.74 Å². The minimum atomic E-state index is 0.738. The van der Waals surface area contributed by atoms with Crippen LogP contribution in [0.25, 0.3) is 11.4 Å². The van der Waals surface area contributed by atoms with Gasteiger partial charge in [0.1, 0.15) is 23.0 Å². The van der Waals surface area contributed by atoms with E-state index in [9.17, 15) is 0 Å². The Hall–Kier alpha value is -2.67. The topological polar surface area (TPSA) is 80.1 Å². The molecule has 2 aromatic heterocycles. The van der Waals surface area contributed by atoms with Gasteiger partial charge in [-0.3, -0.25) is 4.90 Å². The van der Waals surface area contributed by atoms with Crippen molar-refractivity contribution in [2.75, 3.05) is 13.7 Å². The molecule has 0 saturated carbocycles. The van der Waals surface area contributed by atoms with Crippen LogP contribution in [-0.2, 0) is 19.5 Å². The molecular formula is C17H19N5O2. The van der Waals surface area contributed by atoms with Crippen LogP contribution in [0.4, 0.5) is 0 Å². The van der Waals surface area contributed by atoms with Gasteiger partial charge in [-0.05, 0) is 19.1 Å². The second-order valence-corrected chi connectivity index (χ2v) is 6.00. The molecule has 0 amide bonds. The maximum Gasteiger partial charge on any atom is 0.137 e. The van der Waals surface area contributed by atoms with Gasteiger partial charge in [-0.2, -0.15) is 0 Å². The van der Waals surface area contributed by atoms with E-state index in [0.717, 1.165) is 66.0 Å². The lowest BCUT2D eigenvalue weighted by atomic mass is 10.1. The predicted molar refractivity (Wildman–Crippen MR) is 87.4 cm³/mol. The summed E-state index contributed by atoms with van der Waals surface area (Å²) in [5.74, 6) is 1.72. The molecule has 1 aliphatic heterocycles. The van der Waals surface area contributed by atoms with Gasteiger partial charge < -0.3 is 9.72 Å². The first-order valence-corrected chi connectivity index (χ1v) is 7.95. The molecule has 0 fully saturated rings. The van der Waals surface area contributed by atoms with Gasteiger partial charge in [-0.1, -0.05) is 22.4 Å². The van der Waals surface area contributed by atoms with Crippen LogP contribution in [0.3, 0.4) is 0 Å². The normalized spacial score (nSPS) is 14.6. The van der Waals surface area contributed by atoms with Gasteiger partial charge >= 0.3 is 0 Å². The van der Waals surface area contributed by atoms with E-state index in [1.165, 1.54) is 0 Å². The molecule has 1 aliphatic rings. The molecule has 3 heterocycles. The molecule has 4 rings (SSSR count). The monoisotopic (exact) mass is 325 g/mol. The number of nitrogens with zero attached hydrogens (tertiary/aromatic N) is 4. The highest BCUT2D eigenvalue weighted by Crippen LogP contribution is 2.26. The maximum absolute atomic E-state index is 5.29. The van der Waals surface area contributed by atoms with Crippen LogP contribution in [0.1, 0.15) is 22.8 Å². The van der Waals surface area contributed by atoms with E-state index in [0.29, 0.717) is 0 Å². The third-order valence-electron chi connectivity index (χ3n) is 4.37. The average molecular weight is 325 g/mol. The highest BCUT2D eigenvalue weighted by molar-refractivity contribution is 5.58. The van der Waals surface area contributed by atoms with Crippen LogP contribution in [0.2, 0.25) is 0 Å². The van der Waals surface area contributed by atoms with Crippen LogP contribution in [0.15, 0.2) is 28.9 Å². The van der Waals surface area contributed by atoms with Crippen LogP contribution in [-0.4, -0.2) is 38.8 Å². The zero-order chi connectivity index (χ0) is 16.5. The lowest BCUT2D eigenvalue weighted by Gasteiger charge is -2.24. The number of methoxy groups -OCH3 is 1. The summed E-state index contributed by atoms with van der Waals surface area (Å²) in [6.45, 7) is 4.42. The fourth-order valence-corrected chi connectivity index (χ4v) is 3.00. The third-order valence-corrected chi connectivity index (χ3v) is 4.37. The standard InChI is InChI=1S/C17H19N5O2/c1-11-15(21-24-20-11)9-22-7-6-14-16(10-22)19-17(18-14)12-4-3-5-13(8-12)23-2/h3-5,8H,6-7,9-10H2,1-2H3,(H,18,19). The molecule has 1 N–H and O–H groups in total. The summed E-state index contributed by atoms with van der Waals surface area (Å²) in [7, 11) is 1.67. The summed E-state index contributed by atoms with van der Waals surface area (Å²) >= 11 is 0. The van der Waals surface area contributed by atoms with Crippen molar-refractivity contribution in [2.45, 2.75) is 26.4 Å². The summed E-state index contributed by atoms with van der Waals surface area (Å²) in [5, 5.41) is 7.81. The van der Waals surface area contributed by atoms with Crippen molar-refractivity contribution in [3.05, 3.63) is 47.0 Å². The summed E-state index contributed by atoms with van der Waals surface area (Å²) in [4.78, 5) is 10.5. The minimum absolute atomic E-state index is 0.738. The van der Waals surface area contributed by atoms with Gasteiger partial charge in [-0.15, -0.1) is 0 Å². The highest BCUT2D eigenvalue weighted by atomic mass is 16.6. The number of ether oxygens (including phenoxy) is 1. The van der Waals surface area contributed by atoms with E-state index in [1.54, 1.807) is 7.11 Å². The molecule has 0 radical (unpaired) electrons. The van der Waals surface area contributed by atoms with Gasteiger partial charge in [-0.25, -0.2) is 9.61 Å². The number of benzene rings is 1. The third kappa shape index (κ3) is 2.78. The largest absolute Gasteiger partial charge is 0.497 e. The molecule has 124 valence electrons. The van der Waals surface area contributed by atoms with Crippen LogP contribution >= 0.6 is 0 Å². The van der Waals surface area contributed by atoms with Crippen molar-refractivity contribution in [3.8, 4) is 17.1 Å². The first-order valence-electron chi connectivity index (χ1n) is 7.95. The van der Waals surface area contributed by atoms with E-state index in [4.69, 9.17) is 14.3 Å². The Morgan fingerprint density at radius 2 is 2.25 bits per heavy atom. The fourth-order valence-electron chi connectivity index (χ4n) is 3.00. The molecule has 1 aromatic carbocycles. The Labute approximate surface area is 139 Å². The van der Waals surface area contributed by atoms with Gasteiger partial charge in [0.2, 0.25) is 0 Å². The lowest BCUT2D eigenvalue weighted by molar-refractivity contribution is 0.230. The number of nitrogens with one attached hydrogen (secondary N) is 1. The Kier molecular flexibility index (Phi) is 3.78. The second-order valence-electron chi connectivity index (χ2n) is 6.00. The molecule has 7 nitrogen and oxygen atoms in total. The first-order chi connectivity index (χ1) is 11.7. The van der Waals surface area contributed by atoms with Gasteiger partial charge in [0.25, 0.3) is 0 Å². The van der Waals surface area contributed by atoms with E-state index >= 15 is 0 Å².